The topological polar surface area (TPSA) is 66.8 Å². The van der Waals surface area contributed by atoms with Gasteiger partial charge in [-0.05, 0) is 18.8 Å². The van der Waals surface area contributed by atoms with E-state index in [1.807, 2.05) is 0 Å². The molecule has 1 N–H and O–H groups in total. The van der Waals surface area contributed by atoms with Crippen molar-refractivity contribution in [3.05, 3.63) is 0 Å². The van der Waals surface area contributed by atoms with Crippen molar-refractivity contribution >= 4 is 10.0 Å². The van der Waals surface area contributed by atoms with Gasteiger partial charge in [0.2, 0.25) is 10.0 Å². The predicted octanol–water partition coefficient (Wildman–Crippen LogP) is 0.837. The number of ether oxygens (including phenoxy) is 1. The van der Waals surface area contributed by atoms with Crippen molar-refractivity contribution in [2.45, 2.75) is 32.1 Å². The highest BCUT2D eigenvalue weighted by molar-refractivity contribution is 7.89. The largest absolute Gasteiger partial charge is 0.395 e. The van der Waals surface area contributed by atoms with E-state index in [9.17, 15) is 8.42 Å². The lowest BCUT2D eigenvalue weighted by Gasteiger charge is -2.26. The zero-order chi connectivity index (χ0) is 13.4. The Hall–Kier alpha value is -0.170. The molecule has 1 fully saturated rings. The Morgan fingerprint density at radius 1 is 1.22 bits per heavy atom. The molecule has 1 saturated carbocycles. The first-order valence-corrected chi connectivity index (χ1v) is 8.28. The molecule has 0 atom stereocenters. The lowest BCUT2D eigenvalue weighted by molar-refractivity contribution is 0.168. The molecule has 0 unspecified atom stereocenters. The maximum Gasteiger partial charge on any atom is 0.214 e. The zero-order valence-electron chi connectivity index (χ0n) is 11.2. The number of sulfonamides is 1. The van der Waals surface area contributed by atoms with Gasteiger partial charge < -0.3 is 9.84 Å². The van der Waals surface area contributed by atoms with Crippen LogP contribution in [0.2, 0.25) is 0 Å². The minimum absolute atomic E-state index is 0.145. The molecule has 1 aliphatic rings. The van der Waals surface area contributed by atoms with Gasteiger partial charge in [-0.25, -0.2) is 8.42 Å². The van der Waals surface area contributed by atoms with E-state index in [-0.39, 0.29) is 24.8 Å². The van der Waals surface area contributed by atoms with Crippen LogP contribution in [-0.4, -0.2) is 57.0 Å². The number of nitrogens with zero attached hydrogens (tertiary/aromatic N) is 1. The number of aliphatic hydroxyl groups is 1. The summed E-state index contributed by atoms with van der Waals surface area (Å²) < 4.78 is 30.8. The van der Waals surface area contributed by atoms with Crippen molar-refractivity contribution in [3.63, 3.8) is 0 Å². The molecular weight excluding hydrogens is 254 g/mol. The fourth-order valence-corrected chi connectivity index (χ4v) is 4.30. The first-order chi connectivity index (χ1) is 8.60. The summed E-state index contributed by atoms with van der Waals surface area (Å²) >= 11 is 0. The standard InChI is InChI=1S/C12H25NO4S/c1-17-10-8-13(7-9-14)18(15,16)11-12-5-3-2-4-6-12/h12,14H,2-11H2,1H3. The van der Waals surface area contributed by atoms with E-state index >= 15 is 0 Å². The van der Waals surface area contributed by atoms with Crippen LogP contribution in [0.4, 0.5) is 0 Å². The van der Waals surface area contributed by atoms with E-state index in [2.05, 4.69) is 0 Å². The first-order valence-electron chi connectivity index (χ1n) is 6.67. The predicted molar refractivity (Wildman–Crippen MR) is 70.9 cm³/mol. The molecule has 1 aliphatic carbocycles. The van der Waals surface area contributed by atoms with Gasteiger partial charge in [0.05, 0.1) is 19.0 Å². The smallest absolute Gasteiger partial charge is 0.214 e. The minimum atomic E-state index is -3.26. The number of hydrogen-bond acceptors (Lipinski definition) is 4. The summed E-state index contributed by atoms with van der Waals surface area (Å²) in [6.07, 6.45) is 5.52. The van der Waals surface area contributed by atoms with Crippen molar-refractivity contribution in [1.29, 1.82) is 0 Å². The molecule has 0 spiro atoms. The van der Waals surface area contributed by atoms with Crippen LogP contribution in [0.5, 0.6) is 0 Å². The summed E-state index contributed by atoms with van der Waals surface area (Å²) in [6.45, 7) is 0.710. The molecule has 5 nitrogen and oxygen atoms in total. The molecular formula is C12H25NO4S. The molecule has 108 valence electrons. The molecule has 0 bridgehead atoms. The van der Waals surface area contributed by atoms with Crippen LogP contribution in [0.3, 0.4) is 0 Å². The van der Waals surface area contributed by atoms with Gasteiger partial charge in [-0.15, -0.1) is 0 Å². The third kappa shape index (κ3) is 5.22. The van der Waals surface area contributed by atoms with Gasteiger partial charge in [-0.3, -0.25) is 0 Å². The van der Waals surface area contributed by atoms with Crippen LogP contribution in [0.15, 0.2) is 0 Å². The Labute approximate surface area is 110 Å². The van der Waals surface area contributed by atoms with E-state index in [0.29, 0.717) is 13.2 Å². The zero-order valence-corrected chi connectivity index (χ0v) is 12.0. The molecule has 0 saturated heterocycles. The maximum atomic E-state index is 12.3. The van der Waals surface area contributed by atoms with Gasteiger partial charge in [0.25, 0.3) is 0 Å². The van der Waals surface area contributed by atoms with E-state index in [4.69, 9.17) is 9.84 Å². The SMILES string of the molecule is COCCN(CCO)S(=O)(=O)CC1CCCCC1. The Morgan fingerprint density at radius 3 is 2.44 bits per heavy atom. The third-order valence-electron chi connectivity index (χ3n) is 3.46. The lowest BCUT2D eigenvalue weighted by atomic mass is 9.91. The molecule has 0 amide bonds. The number of hydrogen-bond donors (Lipinski definition) is 1. The van der Waals surface area contributed by atoms with Crippen LogP contribution in [0, 0.1) is 5.92 Å². The molecule has 0 aromatic heterocycles. The molecule has 0 aliphatic heterocycles. The third-order valence-corrected chi connectivity index (χ3v) is 5.50. The number of aliphatic hydroxyl groups excluding tert-OH is 1. The van der Waals surface area contributed by atoms with E-state index < -0.39 is 10.0 Å². The van der Waals surface area contributed by atoms with Crippen LogP contribution in [-0.2, 0) is 14.8 Å². The van der Waals surface area contributed by atoms with Gasteiger partial charge in [0, 0.05) is 20.2 Å². The van der Waals surface area contributed by atoms with E-state index in [1.165, 1.54) is 10.7 Å². The fourth-order valence-electron chi connectivity index (χ4n) is 2.45. The Balaban J connectivity index is 2.55. The second kappa shape index (κ2) is 8.09. The Kier molecular flexibility index (Phi) is 7.14. The summed E-state index contributed by atoms with van der Waals surface area (Å²) in [7, 11) is -1.72. The summed E-state index contributed by atoms with van der Waals surface area (Å²) in [4.78, 5) is 0. The quantitative estimate of drug-likeness (QED) is 0.715. The summed E-state index contributed by atoms with van der Waals surface area (Å²) in [5.41, 5.74) is 0. The summed E-state index contributed by atoms with van der Waals surface area (Å²) in [6, 6.07) is 0. The van der Waals surface area contributed by atoms with Gasteiger partial charge >= 0.3 is 0 Å². The average molecular weight is 279 g/mol. The monoisotopic (exact) mass is 279 g/mol. The van der Waals surface area contributed by atoms with Crippen molar-refractivity contribution < 1.29 is 18.3 Å². The summed E-state index contributed by atoms with van der Waals surface area (Å²) in [5.74, 6) is 0.504. The van der Waals surface area contributed by atoms with Crippen LogP contribution in [0.25, 0.3) is 0 Å². The summed E-state index contributed by atoms with van der Waals surface area (Å²) in [5, 5.41) is 8.96. The highest BCUT2D eigenvalue weighted by Gasteiger charge is 2.26. The Bertz CT molecular complexity index is 312. The average Bonchev–Trinajstić information content (AvgIpc) is 2.35. The molecule has 0 aromatic rings. The second-order valence-electron chi connectivity index (χ2n) is 4.90. The Morgan fingerprint density at radius 2 is 1.89 bits per heavy atom. The molecule has 0 radical (unpaired) electrons. The van der Waals surface area contributed by atoms with Gasteiger partial charge in [0.15, 0.2) is 0 Å². The van der Waals surface area contributed by atoms with Gasteiger partial charge in [0.1, 0.15) is 0 Å². The van der Waals surface area contributed by atoms with Crippen molar-refractivity contribution in [2.24, 2.45) is 5.92 Å². The van der Waals surface area contributed by atoms with Crippen molar-refractivity contribution in [2.75, 3.05) is 39.2 Å². The van der Waals surface area contributed by atoms with Crippen molar-refractivity contribution in [1.82, 2.24) is 4.31 Å². The van der Waals surface area contributed by atoms with Crippen LogP contribution in [0.1, 0.15) is 32.1 Å². The lowest BCUT2D eigenvalue weighted by Crippen LogP contribution is -2.39. The maximum absolute atomic E-state index is 12.3. The second-order valence-corrected chi connectivity index (χ2v) is 6.91. The molecule has 6 heteroatoms. The fraction of sp³-hybridized carbons (Fsp3) is 1.00. The first kappa shape index (κ1) is 15.9. The number of rotatable bonds is 8. The normalized spacial score (nSPS) is 18.4. The molecule has 0 heterocycles. The van der Waals surface area contributed by atoms with Gasteiger partial charge in [-0.1, -0.05) is 19.3 Å². The molecule has 0 aromatic carbocycles. The van der Waals surface area contributed by atoms with E-state index in [1.54, 1.807) is 7.11 Å². The van der Waals surface area contributed by atoms with E-state index in [0.717, 1.165) is 25.7 Å². The minimum Gasteiger partial charge on any atom is -0.395 e. The van der Waals surface area contributed by atoms with Gasteiger partial charge in [-0.2, -0.15) is 4.31 Å². The van der Waals surface area contributed by atoms with Crippen LogP contribution < -0.4 is 0 Å². The highest BCUT2D eigenvalue weighted by Crippen LogP contribution is 2.25. The van der Waals surface area contributed by atoms with Crippen LogP contribution >= 0.6 is 0 Å². The molecule has 1 rings (SSSR count). The highest BCUT2D eigenvalue weighted by atomic mass is 32.2. The van der Waals surface area contributed by atoms with Crippen molar-refractivity contribution in [3.8, 4) is 0 Å². The number of methoxy groups -OCH3 is 1. The molecule has 18 heavy (non-hydrogen) atoms.